The first-order chi connectivity index (χ1) is 19.0. The van der Waals surface area contributed by atoms with E-state index >= 15 is 0 Å². The van der Waals surface area contributed by atoms with Crippen molar-refractivity contribution in [3.8, 4) is 28.2 Å². The normalized spacial score (nSPS) is 11.4. The number of aliphatic hydroxyl groups is 2. The number of aryl methyl sites for hydroxylation is 2. The number of aromatic nitrogens is 4. The van der Waals surface area contributed by atoms with Gasteiger partial charge in [-0.05, 0) is 94.4 Å². The highest BCUT2D eigenvalue weighted by Crippen LogP contribution is 2.37. The van der Waals surface area contributed by atoms with Gasteiger partial charge in [-0.2, -0.15) is 9.78 Å². The van der Waals surface area contributed by atoms with Gasteiger partial charge in [0.15, 0.2) is 5.82 Å². The Morgan fingerprint density at radius 3 is 2.33 bits per heavy atom. The number of hydrogen-bond donors (Lipinski definition) is 2. The first-order valence-electron chi connectivity index (χ1n) is 12.7. The molecule has 3 heterocycles. The fourth-order valence-electron chi connectivity index (χ4n) is 5.17. The first-order valence-corrected chi connectivity index (χ1v) is 12.7. The summed E-state index contributed by atoms with van der Waals surface area (Å²) in [5, 5.41) is 28.4. The summed E-state index contributed by atoms with van der Waals surface area (Å²) in [5.41, 5.74) is 6.23. The van der Waals surface area contributed by atoms with Crippen LogP contribution in [0.25, 0.3) is 49.7 Å². The third-order valence-corrected chi connectivity index (χ3v) is 7.27. The lowest BCUT2D eigenvalue weighted by Crippen LogP contribution is -2.23. The summed E-state index contributed by atoms with van der Waals surface area (Å²) in [6, 6.07) is 20.9. The van der Waals surface area contributed by atoms with Crippen LogP contribution in [0.1, 0.15) is 22.3 Å². The Balaban J connectivity index is 1.64. The van der Waals surface area contributed by atoms with Crippen LogP contribution in [0.4, 0.5) is 0 Å². The van der Waals surface area contributed by atoms with Gasteiger partial charge in [0.25, 0.3) is 5.56 Å². The van der Waals surface area contributed by atoms with Crippen molar-refractivity contribution in [3.05, 3.63) is 118 Å². The molecule has 0 amide bonds. The van der Waals surface area contributed by atoms with E-state index < -0.39 is 0 Å². The van der Waals surface area contributed by atoms with Gasteiger partial charge in [0.1, 0.15) is 5.69 Å². The molecule has 6 aromatic rings. The second-order valence-corrected chi connectivity index (χ2v) is 9.62. The minimum absolute atomic E-state index is 0.205. The summed E-state index contributed by atoms with van der Waals surface area (Å²) in [4.78, 5) is 22.4. The summed E-state index contributed by atoms with van der Waals surface area (Å²) in [5.74, 6) is 0.351. The van der Waals surface area contributed by atoms with Gasteiger partial charge in [-0.15, -0.1) is 0 Å². The van der Waals surface area contributed by atoms with E-state index in [1.165, 1.54) is 4.68 Å². The van der Waals surface area contributed by atoms with Gasteiger partial charge in [0, 0.05) is 29.5 Å². The van der Waals surface area contributed by atoms with Crippen molar-refractivity contribution >= 4 is 21.5 Å². The van der Waals surface area contributed by atoms with E-state index in [1.807, 2.05) is 49.4 Å². The number of pyridine rings is 2. The molecule has 6 rings (SSSR count). The van der Waals surface area contributed by atoms with Crippen molar-refractivity contribution in [2.24, 2.45) is 0 Å². The van der Waals surface area contributed by atoms with Crippen molar-refractivity contribution in [2.45, 2.75) is 27.1 Å². The van der Waals surface area contributed by atoms with E-state index in [-0.39, 0.29) is 18.8 Å². The quantitative estimate of drug-likeness (QED) is 0.325. The van der Waals surface area contributed by atoms with E-state index in [2.05, 4.69) is 29.0 Å². The van der Waals surface area contributed by atoms with E-state index in [1.54, 1.807) is 30.7 Å². The molecule has 0 bridgehead atoms. The van der Waals surface area contributed by atoms with Crippen LogP contribution >= 0.6 is 0 Å². The molecular weight excluding hydrogens is 488 g/mol. The van der Waals surface area contributed by atoms with Crippen LogP contribution in [0.15, 0.2) is 90.1 Å². The highest BCUT2D eigenvalue weighted by Gasteiger charge is 2.18. The molecular formula is C32H26N4O3. The number of benzene rings is 3. The Bertz CT molecular complexity index is 1930. The maximum absolute atomic E-state index is 13.7. The van der Waals surface area contributed by atoms with Gasteiger partial charge in [-0.3, -0.25) is 9.78 Å². The first kappa shape index (κ1) is 24.6. The lowest BCUT2D eigenvalue weighted by molar-refractivity contribution is 0.260. The van der Waals surface area contributed by atoms with Crippen molar-refractivity contribution < 1.29 is 10.2 Å². The summed E-state index contributed by atoms with van der Waals surface area (Å²) in [7, 11) is 0. The largest absolute Gasteiger partial charge is 0.392 e. The van der Waals surface area contributed by atoms with Gasteiger partial charge in [-0.1, -0.05) is 30.3 Å². The molecule has 0 fully saturated rings. The molecule has 3 aromatic carbocycles. The maximum atomic E-state index is 13.7. The molecule has 0 unspecified atom stereocenters. The molecule has 2 N–H and O–H groups in total. The number of aliphatic hydroxyl groups excluding tert-OH is 2. The highest BCUT2D eigenvalue weighted by atomic mass is 16.3. The van der Waals surface area contributed by atoms with Crippen molar-refractivity contribution in [1.82, 2.24) is 19.7 Å². The van der Waals surface area contributed by atoms with Crippen molar-refractivity contribution in [2.75, 3.05) is 0 Å². The Hall–Kier alpha value is -4.72. The molecule has 39 heavy (non-hydrogen) atoms. The molecule has 0 spiro atoms. The summed E-state index contributed by atoms with van der Waals surface area (Å²) in [6.45, 7) is 3.65. The lowest BCUT2D eigenvalue weighted by atomic mass is 9.88. The van der Waals surface area contributed by atoms with Crippen LogP contribution in [0.5, 0.6) is 0 Å². The summed E-state index contributed by atoms with van der Waals surface area (Å²) >= 11 is 0. The average Bonchev–Trinajstić information content (AvgIpc) is 2.97. The van der Waals surface area contributed by atoms with Crippen LogP contribution in [0.2, 0.25) is 0 Å². The fourth-order valence-corrected chi connectivity index (χ4v) is 5.17. The van der Waals surface area contributed by atoms with E-state index in [0.717, 1.165) is 44.0 Å². The molecule has 7 heteroatoms. The second kappa shape index (κ2) is 9.87. The SMILES string of the molecule is Cc1cc2cc(CO)c(CO)c(-c3ccnc(-n4nc(-c5cccnc5)c5ccccc5c4=O)c3)c2cc1C. The Morgan fingerprint density at radius 1 is 0.795 bits per heavy atom. The van der Waals surface area contributed by atoms with Crippen LogP contribution in [-0.2, 0) is 13.2 Å². The number of hydrogen-bond acceptors (Lipinski definition) is 6. The summed E-state index contributed by atoms with van der Waals surface area (Å²) in [6.07, 6.45) is 5.05. The predicted octanol–water partition coefficient (Wildman–Crippen LogP) is 5.26. The fraction of sp³-hybridized carbons (Fsp3) is 0.125. The molecule has 0 aliphatic carbocycles. The van der Waals surface area contributed by atoms with Gasteiger partial charge in [-0.25, -0.2) is 4.98 Å². The van der Waals surface area contributed by atoms with Gasteiger partial charge < -0.3 is 10.2 Å². The van der Waals surface area contributed by atoms with Gasteiger partial charge in [0.2, 0.25) is 0 Å². The van der Waals surface area contributed by atoms with Gasteiger partial charge in [0.05, 0.1) is 18.6 Å². The van der Waals surface area contributed by atoms with Crippen LogP contribution in [-0.4, -0.2) is 30.0 Å². The molecule has 0 radical (unpaired) electrons. The smallest absolute Gasteiger partial charge is 0.280 e. The second-order valence-electron chi connectivity index (χ2n) is 9.62. The summed E-state index contributed by atoms with van der Waals surface area (Å²) < 4.78 is 1.32. The van der Waals surface area contributed by atoms with E-state index in [9.17, 15) is 15.0 Å². The zero-order valence-corrected chi connectivity index (χ0v) is 21.6. The molecule has 7 nitrogen and oxygen atoms in total. The molecule has 3 aromatic heterocycles. The molecule has 0 aliphatic rings. The topological polar surface area (TPSA) is 101 Å². The minimum Gasteiger partial charge on any atom is -0.392 e. The lowest BCUT2D eigenvalue weighted by Gasteiger charge is -2.18. The number of fused-ring (bicyclic) bond motifs is 2. The van der Waals surface area contributed by atoms with E-state index in [0.29, 0.717) is 28.0 Å². The van der Waals surface area contributed by atoms with Crippen molar-refractivity contribution in [1.29, 1.82) is 0 Å². The Labute approximate surface area is 224 Å². The average molecular weight is 515 g/mol. The molecule has 0 aliphatic heterocycles. The highest BCUT2D eigenvalue weighted by molar-refractivity contribution is 6.00. The zero-order chi connectivity index (χ0) is 27.1. The molecule has 0 saturated carbocycles. The Kier molecular flexibility index (Phi) is 6.23. The van der Waals surface area contributed by atoms with E-state index in [4.69, 9.17) is 5.10 Å². The Morgan fingerprint density at radius 2 is 1.59 bits per heavy atom. The molecule has 192 valence electrons. The standard InChI is InChI=1S/C32H26N4O3/c1-19-12-23-14-24(17-37)28(18-38)30(27(23)13-20(19)2)21-9-11-34-29(15-21)36-32(39)26-8-4-3-7-25(26)31(35-36)22-6-5-10-33-16-22/h3-16,37-38H,17-18H2,1-2H3. The van der Waals surface area contributed by atoms with Crippen LogP contribution in [0, 0.1) is 13.8 Å². The maximum Gasteiger partial charge on any atom is 0.280 e. The molecule has 0 atom stereocenters. The zero-order valence-electron chi connectivity index (χ0n) is 21.6. The predicted molar refractivity (Wildman–Crippen MR) is 153 cm³/mol. The minimum atomic E-state index is -0.286. The third kappa shape index (κ3) is 4.18. The van der Waals surface area contributed by atoms with Crippen LogP contribution < -0.4 is 5.56 Å². The van der Waals surface area contributed by atoms with Crippen molar-refractivity contribution in [3.63, 3.8) is 0 Å². The number of nitrogens with zero attached hydrogens (tertiary/aromatic N) is 4. The third-order valence-electron chi connectivity index (χ3n) is 7.27. The molecule has 0 saturated heterocycles. The van der Waals surface area contributed by atoms with Gasteiger partial charge >= 0.3 is 0 Å². The monoisotopic (exact) mass is 514 g/mol. The number of rotatable bonds is 5. The van der Waals surface area contributed by atoms with Crippen LogP contribution in [0.3, 0.4) is 0 Å².